The number of fused-ring (bicyclic) bond motifs is 5. The molecule has 0 saturated heterocycles. The largest absolute Gasteiger partial charge is 0.393 e. The summed E-state index contributed by atoms with van der Waals surface area (Å²) in [5.41, 5.74) is 0.177. The molecule has 3 N–H and O–H groups in total. The Morgan fingerprint density at radius 1 is 0.966 bits per heavy atom. The lowest BCUT2D eigenvalue weighted by Crippen LogP contribution is -2.65. The molecule has 3 nitrogen and oxygen atoms in total. The molecule has 0 heterocycles. The summed E-state index contributed by atoms with van der Waals surface area (Å²) in [5, 5.41) is 32.8. The van der Waals surface area contributed by atoms with Crippen molar-refractivity contribution < 1.29 is 15.3 Å². The Morgan fingerprint density at radius 3 is 2.38 bits per heavy atom. The first-order chi connectivity index (χ1) is 13.5. The van der Waals surface area contributed by atoms with E-state index in [9.17, 15) is 15.3 Å². The van der Waals surface area contributed by atoms with Crippen LogP contribution in [-0.4, -0.2) is 33.1 Å². The van der Waals surface area contributed by atoms with E-state index in [0.717, 1.165) is 19.3 Å². The highest BCUT2D eigenvalue weighted by Crippen LogP contribution is 2.67. The van der Waals surface area contributed by atoms with Gasteiger partial charge in [-0.2, -0.15) is 0 Å². The predicted octanol–water partition coefficient (Wildman–Crippen LogP) is 4.86. The molecule has 0 unspecified atom stereocenters. The molecule has 4 aliphatic rings. The van der Waals surface area contributed by atoms with Crippen LogP contribution in [-0.2, 0) is 0 Å². The number of rotatable bonds is 3. The SMILES string of the molecule is CC(C)/C=C/[C@@H](C)[C@H]1CC[C@H]2C3=C[C@@H](O)[C@@]4(O)C[C@@H](O)CC[C@]4(C)[C@H]3CC[C@]12C. The molecule has 0 spiro atoms. The zero-order valence-electron chi connectivity index (χ0n) is 19.1. The van der Waals surface area contributed by atoms with Crippen LogP contribution in [0.15, 0.2) is 23.8 Å². The van der Waals surface area contributed by atoms with Gasteiger partial charge in [-0.25, -0.2) is 0 Å². The van der Waals surface area contributed by atoms with Gasteiger partial charge in [0.15, 0.2) is 0 Å². The third-order valence-corrected chi connectivity index (χ3v) is 9.76. The average Bonchev–Trinajstić information content (AvgIpc) is 3.00. The van der Waals surface area contributed by atoms with E-state index < -0.39 is 17.8 Å². The monoisotopic (exact) mass is 402 g/mol. The molecule has 0 aromatic heterocycles. The van der Waals surface area contributed by atoms with Crippen LogP contribution in [0.2, 0.25) is 0 Å². The van der Waals surface area contributed by atoms with E-state index in [1.807, 2.05) is 6.08 Å². The van der Waals surface area contributed by atoms with Crippen molar-refractivity contribution in [3.8, 4) is 0 Å². The second kappa shape index (κ2) is 7.21. The van der Waals surface area contributed by atoms with Gasteiger partial charge < -0.3 is 15.3 Å². The number of aliphatic hydroxyl groups excluding tert-OH is 2. The Hall–Kier alpha value is -0.640. The maximum Gasteiger partial charge on any atom is 0.102 e. The van der Waals surface area contributed by atoms with E-state index in [2.05, 4.69) is 46.8 Å². The highest BCUT2D eigenvalue weighted by molar-refractivity contribution is 5.33. The van der Waals surface area contributed by atoms with Crippen LogP contribution in [0.1, 0.15) is 79.6 Å². The fourth-order valence-electron chi connectivity index (χ4n) is 7.98. The second-order valence-electron chi connectivity index (χ2n) is 11.7. The third-order valence-electron chi connectivity index (χ3n) is 9.76. The molecule has 0 aromatic carbocycles. The summed E-state index contributed by atoms with van der Waals surface area (Å²) in [6, 6.07) is 0. The summed E-state index contributed by atoms with van der Waals surface area (Å²) >= 11 is 0. The van der Waals surface area contributed by atoms with Crippen molar-refractivity contribution in [2.24, 2.45) is 40.4 Å². The smallest absolute Gasteiger partial charge is 0.102 e. The number of hydrogen-bond donors (Lipinski definition) is 3. The van der Waals surface area contributed by atoms with Gasteiger partial charge in [-0.15, -0.1) is 0 Å². The molecule has 0 bridgehead atoms. The average molecular weight is 403 g/mol. The minimum atomic E-state index is -1.20. The van der Waals surface area contributed by atoms with Crippen molar-refractivity contribution >= 4 is 0 Å². The maximum atomic E-state index is 11.5. The van der Waals surface area contributed by atoms with Crippen molar-refractivity contribution in [1.29, 1.82) is 0 Å². The molecular formula is C26H42O3. The topological polar surface area (TPSA) is 60.7 Å². The van der Waals surface area contributed by atoms with Crippen LogP contribution in [0.5, 0.6) is 0 Å². The van der Waals surface area contributed by atoms with E-state index in [-0.39, 0.29) is 10.8 Å². The lowest BCUT2D eigenvalue weighted by atomic mass is 9.45. The number of aliphatic hydroxyl groups is 3. The van der Waals surface area contributed by atoms with Crippen LogP contribution >= 0.6 is 0 Å². The molecule has 4 aliphatic carbocycles. The lowest BCUT2D eigenvalue weighted by Gasteiger charge is -2.62. The van der Waals surface area contributed by atoms with Crippen molar-refractivity contribution in [2.75, 3.05) is 0 Å². The van der Waals surface area contributed by atoms with Crippen LogP contribution < -0.4 is 0 Å². The number of hydrogen-bond acceptors (Lipinski definition) is 3. The summed E-state index contributed by atoms with van der Waals surface area (Å²) in [6.07, 6.45) is 12.0. The van der Waals surface area contributed by atoms with Crippen molar-refractivity contribution in [2.45, 2.75) is 97.4 Å². The van der Waals surface area contributed by atoms with Crippen LogP contribution in [0.25, 0.3) is 0 Å². The minimum absolute atomic E-state index is 0.281. The van der Waals surface area contributed by atoms with E-state index >= 15 is 0 Å². The van der Waals surface area contributed by atoms with E-state index in [1.54, 1.807) is 0 Å². The minimum Gasteiger partial charge on any atom is -0.393 e. The van der Waals surface area contributed by atoms with Gasteiger partial charge in [0.1, 0.15) is 11.7 Å². The Kier molecular flexibility index (Phi) is 5.36. The molecule has 0 amide bonds. The van der Waals surface area contributed by atoms with Crippen molar-refractivity contribution in [1.82, 2.24) is 0 Å². The van der Waals surface area contributed by atoms with E-state index in [1.165, 1.54) is 24.8 Å². The van der Waals surface area contributed by atoms with Gasteiger partial charge in [0, 0.05) is 11.8 Å². The predicted molar refractivity (Wildman–Crippen MR) is 117 cm³/mol. The van der Waals surface area contributed by atoms with Crippen LogP contribution in [0, 0.1) is 40.4 Å². The molecule has 0 aromatic rings. The zero-order valence-corrected chi connectivity index (χ0v) is 19.1. The molecular weight excluding hydrogens is 360 g/mol. The first-order valence-corrected chi connectivity index (χ1v) is 12.0. The van der Waals surface area contributed by atoms with Crippen LogP contribution in [0.3, 0.4) is 0 Å². The molecule has 3 heteroatoms. The normalized spacial score (nSPS) is 50.8. The van der Waals surface area contributed by atoms with Crippen molar-refractivity contribution in [3.63, 3.8) is 0 Å². The molecule has 9 atom stereocenters. The van der Waals surface area contributed by atoms with Gasteiger partial charge in [-0.3, -0.25) is 0 Å². The Balaban J connectivity index is 1.66. The molecule has 3 fully saturated rings. The van der Waals surface area contributed by atoms with E-state index in [4.69, 9.17) is 0 Å². The molecule has 29 heavy (non-hydrogen) atoms. The fraction of sp³-hybridized carbons (Fsp3) is 0.846. The fourth-order valence-corrected chi connectivity index (χ4v) is 7.98. The lowest BCUT2D eigenvalue weighted by molar-refractivity contribution is -0.210. The van der Waals surface area contributed by atoms with Crippen molar-refractivity contribution in [3.05, 3.63) is 23.8 Å². The summed E-state index contributed by atoms with van der Waals surface area (Å²) in [7, 11) is 0. The van der Waals surface area contributed by atoms with Crippen LogP contribution in [0.4, 0.5) is 0 Å². The molecule has 164 valence electrons. The third kappa shape index (κ3) is 3.10. The van der Waals surface area contributed by atoms with E-state index in [0.29, 0.717) is 36.0 Å². The van der Waals surface area contributed by atoms with Gasteiger partial charge in [0.05, 0.1) is 6.10 Å². The quantitative estimate of drug-likeness (QED) is 0.591. The molecule has 0 radical (unpaired) electrons. The molecule has 3 saturated carbocycles. The van der Waals surface area contributed by atoms with Gasteiger partial charge in [-0.1, -0.05) is 58.4 Å². The summed E-state index contributed by atoms with van der Waals surface area (Å²) in [4.78, 5) is 0. The highest BCUT2D eigenvalue weighted by Gasteiger charge is 2.64. The Bertz CT molecular complexity index is 696. The molecule has 4 rings (SSSR count). The standard InChI is InChI=1S/C26H42O3/c1-16(2)6-7-17(3)20-8-9-21-19-14-23(28)26(29)15-18(27)10-13-25(26,5)22(19)11-12-24(20,21)4/h6-7,14,16-18,20-23,27-29H,8-13,15H2,1-5H3/b7-6+/t17-,18+,20-,21+,22+,23-,24-,25-,26+/m1/s1. The first kappa shape index (κ1) is 21.6. The molecule has 0 aliphatic heterocycles. The first-order valence-electron chi connectivity index (χ1n) is 12.0. The Labute approximate surface area is 177 Å². The maximum absolute atomic E-state index is 11.5. The second-order valence-corrected chi connectivity index (χ2v) is 11.7. The Morgan fingerprint density at radius 2 is 1.69 bits per heavy atom. The van der Waals surface area contributed by atoms with Gasteiger partial charge in [0.25, 0.3) is 0 Å². The van der Waals surface area contributed by atoms with Gasteiger partial charge in [0.2, 0.25) is 0 Å². The zero-order chi connectivity index (χ0) is 21.2. The summed E-state index contributed by atoms with van der Waals surface area (Å²) < 4.78 is 0. The highest BCUT2D eigenvalue weighted by atomic mass is 16.3. The van der Waals surface area contributed by atoms with Gasteiger partial charge in [-0.05, 0) is 73.5 Å². The summed E-state index contributed by atoms with van der Waals surface area (Å²) in [6.45, 7) is 11.5. The number of allylic oxidation sites excluding steroid dienone is 3. The van der Waals surface area contributed by atoms with Gasteiger partial charge >= 0.3 is 0 Å². The summed E-state index contributed by atoms with van der Waals surface area (Å²) in [5.74, 6) is 2.71.